The predicted molar refractivity (Wildman–Crippen MR) is 101 cm³/mol. The van der Waals surface area contributed by atoms with E-state index in [4.69, 9.17) is 4.74 Å². The van der Waals surface area contributed by atoms with Crippen molar-refractivity contribution < 1.29 is 17.9 Å². The van der Waals surface area contributed by atoms with Crippen LogP contribution < -0.4 is 10.6 Å². The van der Waals surface area contributed by atoms with Gasteiger partial charge in [-0.05, 0) is 50.3 Å². The number of morpholine rings is 1. The Morgan fingerprint density at radius 1 is 1.19 bits per heavy atom. The summed E-state index contributed by atoms with van der Waals surface area (Å²) in [5.74, 6) is -0.195. The number of rotatable bonds is 4. The van der Waals surface area contributed by atoms with Gasteiger partial charge < -0.3 is 15.4 Å². The first-order valence-corrected chi connectivity index (χ1v) is 11.1. The highest BCUT2D eigenvalue weighted by atomic mass is 32.2. The summed E-state index contributed by atoms with van der Waals surface area (Å²) in [6.07, 6.45) is 4.22. The second-order valence-electron chi connectivity index (χ2n) is 7.78. The lowest BCUT2D eigenvalue weighted by Crippen LogP contribution is -2.48. The maximum atomic E-state index is 13.0. The molecule has 7 nitrogen and oxygen atoms in total. The van der Waals surface area contributed by atoms with Gasteiger partial charge in [-0.2, -0.15) is 4.31 Å². The van der Waals surface area contributed by atoms with Crippen molar-refractivity contribution in [3.63, 3.8) is 0 Å². The molecule has 3 aliphatic heterocycles. The molecule has 2 atom stereocenters. The van der Waals surface area contributed by atoms with Crippen molar-refractivity contribution in [2.75, 3.05) is 26.3 Å². The normalized spacial score (nSPS) is 28.9. The molecule has 0 spiro atoms. The fourth-order valence-corrected chi connectivity index (χ4v) is 6.05. The number of hydrogen-bond acceptors (Lipinski definition) is 5. The van der Waals surface area contributed by atoms with Gasteiger partial charge in [-0.15, -0.1) is 0 Å². The Hall–Kier alpha value is -1.48. The minimum atomic E-state index is -3.63. The van der Waals surface area contributed by atoms with Crippen molar-refractivity contribution >= 4 is 15.9 Å². The molecule has 0 aromatic heterocycles. The Morgan fingerprint density at radius 2 is 1.85 bits per heavy atom. The van der Waals surface area contributed by atoms with Gasteiger partial charge in [0, 0.05) is 36.8 Å². The van der Waals surface area contributed by atoms with E-state index < -0.39 is 10.0 Å². The Bertz CT molecular complexity index is 808. The van der Waals surface area contributed by atoms with E-state index in [-0.39, 0.29) is 16.8 Å². The molecule has 148 valence electrons. The van der Waals surface area contributed by atoms with Crippen LogP contribution in [0.15, 0.2) is 23.1 Å². The number of carbonyl (C=O) groups excluding carboxylic acids is 1. The molecular formula is C19H27N3O4S. The van der Waals surface area contributed by atoms with Gasteiger partial charge >= 0.3 is 0 Å². The fraction of sp³-hybridized carbons (Fsp3) is 0.632. The highest BCUT2D eigenvalue weighted by Gasteiger charge is 2.34. The first-order valence-electron chi connectivity index (χ1n) is 9.69. The van der Waals surface area contributed by atoms with Crippen LogP contribution >= 0.6 is 0 Å². The van der Waals surface area contributed by atoms with Gasteiger partial charge in [0.05, 0.1) is 18.1 Å². The van der Waals surface area contributed by atoms with Crippen molar-refractivity contribution in [3.05, 3.63) is 29.3 Å². The fourth-order valence-electron chi connectivity index (χ4n) is 4.39. The average Bonchev–Trinajstić information content (AvgIpc) is 3.01. The van der Waals surface area contributed by atoms with Crippen molar-refractivity contribution in [2.24, 2.45) is 0 Å². The van der Waals surface area contributed by atoms with E-state index in [0.717, 1.165) is 12.8 Å². The van der Waals surface area contributed by atoms with Gasteiger partial charge in [-0.25, -0.2) is 8.42 Å². The van der Waals surface area contributed by atoms with E-state index in [0.29, 0.717) is 49.5 Å². The van der Waals surface area contributed by atoms with E-state index in [9.17, 15) is 13.2 Å². The molecule has 3 fully saturated rings. The summed E-state index contributed by atoms with van der Waals surface area (Å²) in [6, 6.07) is 6.07. The van der Waals surface area contributed by atoms with Crippen LogP contribution in [0.4, 0.5) is 0 Å². The predicted octanol–water partition coefficient (Wildman–Crippen LogP) is 1.03. The summed E-state index contributed by atoms with van der Waals surface area (Å²) in [5, 5.41) is 6.67. The third-order valence-corrected chi connectivity index (χ3v) is 7.89. The lowest BCUT2D eigenvalue weighted by Gasteiger charge is -2.30. The number of aryl methyl sites for hydroxylation is 1. The number of benzene rings is 1. The van der Waals surface area contributed by atoms with Crippen LogP contribution in [0.2, 0.25) is 0 Å². The summed E-state index contributed by atoms with van der Waals surface area (Å²) >= 11 is 0. The topological polar surface area (TPSA) is 87.7 Å². The Morgan fingerprint density at radius 3 is 2.52 bits per heavy atom. The average molecular weight is 394 g/mol. The molecule has 2 unspecified atom stereocenters. The summed E-state index contributed by atoms with van der Waals surface area (Å²) in [5.41, 5.74) is 1.05. The van der Waals surface area contributed by atoms with Crippen LogP contribution in [0.25, 0.3) is 0 Å². The second-order valence-corrected chi connectivity index (χ2v) is 9.68. The smallest absolute Gasteiger partial charge is 0.251 e. The standard InChI is InChI=1S/C19H27N3O4S/c1-13-2-3-14(10-18(13)27(24,25)22-6-8-26-9-7-22)19(23)21-17-11-15-4-5-16(12-17)20-15/h2-3,10,15-17,20H,4-9,11-12H2,1H3,(H,21,23). The molecule has 0 aliphatic carbocycles. The number of sulfonamides is 1. The molecule has 1 aromatic rings. The van der Waals surface area contributed by atoms with E-state index in [1.54, 1.807) is 19.1 Å². The van der Waals surface area contributed by atoms with E-state index in [2.05, 4.69) is 10.6 Å². The summed E-state index contributed by atoms with van der Waals surface area (Å²) in [6.45, 7) is 3.25. The third kappa shape index (κ3) is 3.89. The third-order valence-electron chi connectivity index (χ3n) is 5.85. The van der Waals surface area contributed by atoms with Crippen molar-refractivity contribution in [2.45, 2.75) is 55.6 Å². The van der Waals surface area contributed by atoms with Gasteiger partial charge in [0.25, 0.3) is 5.91 Å². The summed E-state index contributed by atoms with van der Waals surface area (Å²) in [4.78, 5) is 13.0. The number of nitrogens with one attached hydrogen (secondary N) is 2. The van der Waals surface area contributed by atoms with Crippen LogP contribution in [-0.4, -0.2) is 63.1 Å². The number of ether oxygens (including phenoxy) is 1. The molecule has 0 radical (unpaired) electrons. The van der Waals surface area contributed by atoms with Crippen LogP contribution in [0.1, 0.15) is 41.6 Å². The Balaban J connectivity index is 1.52. The van der Waals surface area contributed by atoms with Crippen LogP contribution in [-0.2, 0) is 14.8 Å². The largest absolute Gasteiger partial charge is 0.379 e. The van der Waals surface area contributed by atoms with E-state index in [1.807, 2.05) is 0 Å². The molecule has 0 saturated carbocycles. The zero-order valence-corrected chi connectivity index (χ0v) is 16.4. The second kappa shape index (κ2) is 7.50. The van der Waals surface area contributed by atoms with Gasteiger partial charge in [0.1, 0.15) is 0 Å². The van der Waals surface area contributed by atoms with Crippen LogP contribution in [0.5, 0.6) is 0 Å². The maximum absolute atomic E-state index is 13.0. The van der Waals surface area contributed by atoms with E-state index in [1.165, 1.54) is 23.2 Å². The highest BCUT2D eigenvalue weighted by Crippen LogP contribution is 2.27. The Labute approximate surface area is 160 Å². The Kier molecular flexibility index (Phi) is 5.24. The molecule has 3 aliphatic rings. The molecule has 4 rings (SSSR count). The molecule has 1 amide bonds. The monoisotopic (exact) mass is 393 g/mol. The van der Waals surface area contributed by atoms with Crippen molar-refractivity contribution in [1.29, 1.82) is 0 Å². The number of piperidine rings is 1. The maximum Gasteiger partial charge on any atom is 0.251 e. The molecule has 2 bridgehead atoms. The molecule has 27 heavy (non-hydrogen) atoms. The minimum absolute atomic E-state index is 0.150. The lowest BCUT2D eigenvalue weighted by molar-refractivity contribution is 0.0730. The van der Waals surface area contributed by atoms with Crippen LogP contribution in [0, 0.1) is 6.92 Å². The zero-order chi connectivity index (χ0) is 19.0. The zero-order valence-electron chi connectivity index (χ0n) is 15.6. The minimum Gasteiger partial charge on any atom is -0.379 e. The SMILES string of the molecule is Cc1ccc(C(=O)NC2CC3CCC(C2)N3)cc1S(=O)(=O)N1CCOCC1. The number of amides is 1. The van der Waals surface area contributed by atoms with Crippen LogP contribution in [0.3, 0.4) is 0 Å². The van der Waals surface area contributed by atoms with Gasteiger partial charge in [-0.3, -0.25) is 4.79 Å². The highest BCUT2D eigenvalue weighted by molar-refractivity contribution is 7.89. The molecule has 3 saturated heterocycles. The van der Waals surface area contributed by atoms with Crippen molar-refractivity contribution in [3.8, 4) is 0 Å². The van der Waals surface area contributed by atoms with Crippen molar-refractivity contribution in [1.82, 2.24) is 14.9 Å². The first-order chi connectivity index (χ1) is 12.9. The van der Waals surface area contributed by atoms with Gasteiger partial charge in [0.2, 0.25) is 10.0 Å². The van der Waals surface area contributed by atoms with Gasteiger partial charge in [0.15, 0.2) is 0 Å². The first kappa shape index (κ1) is 18.9. The quantitative estimate of drug-likeness (QED) is 0.798. The summed E-state index contributed by atoms with van der Waals surface area (Å²) in [7, 11) is -3.63. The lowest BCUT2D eigenvalue weighted by atomic mass is 9.99. The molecular weight excluding hydrogens is 366 g/mol. The molecule has 2 N–H and O–H groups in total. The number of nitrogens with zero attached hydrogens (tertiary/aromatic N) is 1. The molecule has 1 aromatic carbocycles. The molecule has 8 heteroatoms. The van der Waals surface area contributed by atoms with Gasteiger partial charge in [-0.1, -0.05) is 6.07 Å². The number of fused-ring (bicyclic) bond motifs is 2. The number of carbonyl (C=O) groups is 1. The summed E-state index contributed by atoms with van der Waals surface area (Å²) < 4.78 is 32.7. The van der Waals surface area contributed by atoms with E-state index >= 15 is 0 Å². The molecule has 3 heterocycles. The number of hydrogen-bond donors (Lipinski definition) is 2.